The molecule has 1 aromatic heterocycles. The third kappa shape index (κ3) is 2.92. The number of aliphatic carboxylic acids is 1. The summed E-state index contributed by atoms with van der Waals surface area (Å²) in [6, 6.07) is 8.92. The minimum Gasteiger partial charge on any atom is -0.480 e. The number of rotatable bonds is 3. The number of carbonyl (C=O) groups is 2. The minimum absolute atomic E-state index is 0.307. The van der Waals surface area contributed by atoms with E-state index in [-0.39, 0.29) is 5.91 Å². The van der Waals surface area contributed by atoms with Crippen LogP contribution >= 0.6 is 0 Å². The van der Waals surface area contributed by atoms with E-state index < -0.39 is 12.0 Å². The predicted molar refractivity (Wildman–Crippen MR) is 91.2 cm³/mol. The van der Waals surface area contributed by atoms with Crippen LogP contribution in [0.25, 0.3) is 0 Å². The van der Waals surface area contributed by atoms with Crippen LogP contribution < -0.4 is 0 Å². The van der Waals surface area contributed by atoms with Gasteiger partial charge in [0, 0.05) is 19.2 Å². The second kappa shape index (κ2) is 6.35. The van der Waals surface area contributed by atoms with E-state index in [4.69, 9.17) is 0 Å². The normalized spacial score (nSPS) is 20.5. The Morgan fingerprint density at radius 2 is 1.80 bits per heavy atom. The van der Waals surface area contributed by atoms with Crippen molar-refractivity contribution >= 4 is 11.9 Å². The van der Waals surface area contributed by atoms with Gasteiger partial charge in [0.05, 0.1) is 6.04 Å². The molecule has 25 heavy (non-hydrogen) atoms. The lowest BCUT2D eigenvalue weighted by Gasteiger charge is -2.34. The van der Waals surface area contributed by atoms with Gasteiger partial charge in [0.1, 0.15) is 11.7 Å². The van der Waals surface area contributed by atoms with Gasteiger partial charge in [0.2, 0.25) is 0 Å². The van der Waals surface area contributed by atoms with Crippen molar-refractivity contribution in [2.75, 3.05) is 0 Å². The molecule has 0 spiro atoms. The van der Waals surface area contributed by atoms with E-state index in [1.54, 1.807) is 6.07 Å². The first-order chi connectivity index (χ1) is 12.1. The number of carboxylic acid groups (broad SMARTS) is 1. The SMILES string of the molecule is O=C(O)[C@@H]1Cc2ccccc2CN1C(=O)c1ccn(C2CCCC2)n1. The van der Waals surface area contributed by atoms with Crippen LogP contribution in [0.15, 0.2) is 36.5 Å². The standard InChI is InChI=1S/C19H21N3O3/c23-18(16-9-10-22(20-16)15-7-3-4-8-15)21-12-14-6-2-1-5-13(14)11-17(21)19(24)25/h1-2,5-6,9-10,15,17H,3-4,7-8,11-12H2,(H,24,25)/t17-/m0/s1. The van der Waals surface area contributed by atoms with E-state index in [9.17, 15) is 14.7 Å². The average Bonchev–Trinajstić information content (AvgIpc) is 3.31. The summed E-state index contributed by atoms with van der Waals surface area (Å²) in [7, 11) is 0. The summed E-state index contributed by atoms with van der Waals surface area (Å²) < 4.78 is 1.87. The first kappa shape index (κ1) is 15.9. The molecular formula is C19H21N3O3. The fraction of sp³-hybridized carbons (Fsp3) is 0.421. The summed E-state index contributed by atoms with van der Waals surface area (Å²) in [5.41, 5.74) is 2.33. The summed E-state index contributed by atoms with van der Waals surface area (Å²) >= 11 is 0. The van der Waals surface area contributed by atoms with Gasteiger partial charge in [-0.2, -0.15) is 5.10 Å². The number of fused-ring (bicyclic) bond motifs is 1. The first-order valence-electron chi connectivity index (χ1n) is 8.79. The average molecular weight is 339 g/mol. The van der Waals surface area contributed by atoms with Gasteiger partial charge in [-0.1, -0.05) is 37.1 Å². The molecule has 1 atom stereocenters. The maximum Gasteiger partial charge on any atom is 0.326 e. The smallest absolute Gasteiger partial charge is 0.326 e. The highest BCUT2D eigenvalue weighted by molar-refractivity contribution is 5.95. The maximum absolute atomic E-state index is 12.9. The molecule has 1 fully saturated rings. The summed E-state index contributed by atoms with van der Waals surface area (Å²) in [6.07, 6.45) is 6.74. The molecule has 2 aliphatic rings. The number of benzene rings is 1. The van der Waals surface area contributed by atoms with E-state index in [1.807, 2.05) is 35.1 Å². The third-order valence-electron chi connectivity index (χ3n) is 5.32. The van der Waals surface area contributed by atoms with Crippen LogP contribution in [0.4, 0.5) is 0 Å². The fourth-order valence-electron chi connectivity index (χ4n) is 3.93. The van der Waals surface area contributed by atoms with Crippen molar-refractivity contribution in [1.29, 1.82) is 0 Å². The van der Waals surface area contributed by atoms with E-state index >= 15 is 0 Å². The Balaban J connectivity index is 1.60. The molecular weight excluding hydrogens is 318 g/mol. The Morgan fingerprint density at radius 3 is 2.52 bits per heavy atom. The van der Waals surface area contributed by atoms with E-state index in [1.165, 1.54) is 17.7 Å². The van der Waals surface area contributed by atoms with Crippen molar-refractivity contribution < 1.29 is 14.7 Å². The highest BCUT2D eigenvalue weighted by atomic mass is 16.4. The Kier molecular flexibility index (Phi) is 4.03. The van der Waals surface area contributed by atoms with Crippen molar-refractivity contribution in [3.63, 3.8) is 0 Å². The van der Waals surface area contributed by atoms with Crippen molar-refractivity contribution in [2.24, 2.45) is 0 Å². The summed E-state index contributed by atoms with van der Waals surface area (Å²) in [5.74, 6) is -1.28. The van der Waals surface area contributed by atoms with Gasteiger partial charge in [-0.15, -0.1) is 0 Å². The molecule has 1 aromatic carbocycles. The Morgan fingerprint density at radius 1 is 1.08 bits per heavy atom. The van der Waals surface area contributed by atoms with Crippen LogP contribution in [0.2, 0.25) is 0 Å². The molecule has 0 bridgehead atoms. The molecule has 0 saturated heterocycles. The summed E-state index contributed by atoms with van der Waals surface area (Å²) in [6.45, 7) is 0.308. The predicted octanol–water partition coefficient (Wildman–Crippen LogP) is 2.65. The van der Waals surface area contributed by atoms with Crippen LogP contribution in [0.1, 0.15) is 53.3 Å². The topological polar surface area (TPSA) is 75.4 Å². The molecule has 4 rings (SSSR count). The molecule has 2 heterocycles. The number of carbonyl (C=O) groups excluding carboxylic acids is 1. The van der Waals surface area contributed by atoms with E-state index in [0.717, 1.165) is 24.0 Å². The molecule has 6 heteroatoms. The first-order valence-corrected chi connectivity index (χ1v) is 8.79. The lowest BCUT2D eigenvalue weighted by molar-refractivity contribution is -0.142. The summed E-state index contributed by atoms with van der Waals surface area (Å²) in [5, 5.41) is 14.0. The van der Waals surface area contributed by atoms with Crippen molar-refractivity contribution in [3.05, 3.63) is 53.3 Å². The Labute approximate surface area is 146 Å². The van der Waals surface area contributed by atoms with Gasteiger partial charge < -0.3 is 10.0 Å². The van der Waals surface area contributed by atoms with Crippen LogP contribution in [-0.4, -0.2) is 37.7 Å². The van der Waals surface area contributed by atoms with Gasteiger partial charge in [-0.25, -0.2) is 4.79 Å². The second-order valence-electron chi connectivity index (χ2n) is 6.88. The van der Waals surface area contributed by atoms with Gasteiger partial charge in [-0.3, -0.25) is 9.48 Å². The quantitative estimate of drug-likeness (QED) is 0.933. The number of amides is 1. The largest absolute Gasteiger partial charge is 0.480 e. The van der Waals surface area contributed by atoms with Crippen LogP contribution in [0.3, 0.4) is 0 Å². The zero-order chi connectivity index (χ0) is 17.4. The number of hydrogen-bond acceptors (Lipinski definition) is 3. The Hall–Kier alpha value is -2.63. The monoisotopic (exact) mass is 339 g/mol. The molecule has 130 valence electrons. The fourth-order valence-corrected chi connectivity index (χ4v) is 3.93. The highest BCUT2D eigenvalue weighted by Gasteiger charge is 2.35. The van der Waals surface area contributed by atoms with E-state index in [2.05, 4.69) is 5.10 Å². The lowest BCUT2D eigenvalue weighted by Crippen LogP contribution is -2.48. The van der Waals surface area contributed by atoms with Gasteiger partial charge in [-0.05, 0) is 30.0 Å². The minimum atomic E-state index is -0.974. The zero-order valence-corrected chi connectivity index (χ0v) is 14.0. The molecule has 1 N–H and O–H groups in total. The molecule has 1 aliphatic carbocycles. The van der Waals surface area contributed by atoms with Crippen LogP contribution in [-0.2, 0) is 17.8 Å². The molecule has 6 nitrogen and oxygen atoms in total. The molecule has 1 saturated carbocycles. The van der Waals surface area contributed by atoms with E-state index in [0.29, 0.717) is 24.7 Å². The molecule has 0 unspecified atom stereocenters. The molecule has 1 amide bonds. The zero-order valence-electron chi connectivity index (χ0n) is 14.0. The van der Waals surface area contributed by atoms with Crippen molar-refractivity contribution in [3.8, 4) is 0 Å². The van der Waals surface area contributed by atoms with Crippen LogP contribution in [0.5, 0.6) is 0 Å². The summed E-state index contributed by atoms with van der Waals surface area (Å²) in [4.78, 5) is 26.1. The van der Waals surface area contributed by atoms with Gasteiger partial charge in [0.15, 0.2) is 0 Å². The number of carboxylic acids is 1. The van der Waals surface area contributed by atoms with Crippen LogP contribution in [0, 0.1) is 0 Å². The third-order valence-corrected chi connectivity index (χ3v) is 5.32. The molecule has 2 aromatic rings. The lowest BCUT2D eigenvalue weighted by atomic mass is 9.93. The number of aromatic nitrogens is 2. The molecule has 0 radical (unpaired) electrons. The molecule has 1 aliphatic heterocycles. The van der Waals surface area contributed by atoms with Crippen molar-refractivity contribution in [1.82, 2.24) is 14.7 Å². The number of hydrogen-bond donors (Lipinski definition) is 1. The second-order valence-corrected chi connectivity index (χ2v) is 6.88. The number of nitrogens with zero attached hydrogens (tertiary/aromatic N) is 3. The van der Waals surface area contributed by atoms with Gasteiger partial charge >= 0.3 is 5.97 Å². The van der Waals surface area contributed by atoms with Gasteiger partial charge in [0.25, 0.3) is 5.91 Å². The highest BCUT2D eigenvalue weighted by Crippen LogP contribution is 2.29. The maximum atomic E-state index is 12.9. The Bertz CT molecular complexity index is 808. The van der Waals surface area contributed by atoms with Crippen molar-refractivity contribution in [2.45, 2.75) is 50.7 Å².